The molecule has 21 heavy (non-hydrogen) atoms. The second-order valence-electron chi connectivity index (χ2n) is 6.70. The molecule has 2 aliphatic rings. The Kier molecular flexibility index (Phi) is 5.88. The summed E-state index contributed by atoms with van der Waals surface area (Å²) in [4.78, 5) is 26.9. The molecule has 0 radical (unpaired) electrons. The molecule has 0 unspecified atom stereocenters. The maximum Gasteiger partial charge on any atom is 0.319 e. The van der Waals surface area contributed by atoms with Crippen LogP contribution in [0.1, 0.15) is 51.4 Å². The number of piperidine rings is 1. The lowest BCUT2D eigenvalue weighted by atomic mass is 9.89. The third kappa shape index (κ3) is 4.90. The predicted molar refractivity (Wildman–Crippen MR) is 81.2 cm³/mol. The molecule has 0 aromatic rings. The number of aliphatic carboxylic acids is 1. The Balaban J connectivity index is 1.74. The first-order valence-electron chi connectivity index (χ1n) is 8.28. The second-order valence-corrected chi connectivity index (χ2v) is 6.70. The van der Waals surface area contributed by atoms with Crippen LogP contribution in [0.3, 0.4) is 0 Å². The maximum atomic E-state index is 12.4. The molecule has 0 aromatic carbocycles. The van der Waals surface area contributed by atoms with E-state index in [1.165, 1.54) is 32.1 Å². The minimum absolute atomic E-state index is 0.120. The summed E-state index contributed by atoms with van der Waals surface area (Å²) in [5.74, 6) is 0.168. The number of carbonyl (C=O) groups is 2. The molecule has 0 spiro atoms. The third-order valence-electron chi connectivity index (χ3n) is 4.93. The lowest BCUT2D eigenvalue weighted by molar-refractivity contribution is -0.138. The smallest absolute Gasteiger partial charge is 0.319 e. The first kappa shape index (κ1) is 16.1. The zero-order valence-electron chi connectivity index (χ0n) is 13.1. The number of carboxylic acid groups (broad SMARTS) is 1. The number of nitrogens with zero attached hydrogens (tertiary/aromatic N) is 2. The van der Waals surface area contributed by atoms with Gasteiger partial charge in [-0.2, -0.15) is 0 Å². The number of amides is 2. The molecular weight excluding hydrogens is 268 g/mol. The van der Waals surface area contributed by atoms with E-state index < -0.39 is 5.97 Å². The van der Waals surface area contributed by atoms with Crippen LogP contribution in [0.5, 0.6) is 0 Å². The highest BCUT2D eigenvalue weighted by molar-refractivity contribution is 5.74. The number of carbonyl (C=O) groups excluding carboxylic acids is 1. The topological polar surface area (TPSA) is 60.9 Å². The van der Waals surface area contributed by atoms with Crippen LogP contribution in [0.4, 0.5) is 4.79 Å². The van der Waals surface area contributed by atoms with Crippen molar-refractivity contribution >= 4 is 12.0 Å². The maximum absolute atomic E-state index is 12.4. The van der Waals surface area contributed by atoms with Crippen molar-refractivity contribution in [2.24, 2.45) is 11.8 Å². The van der Waals surface area contributed by atoms with Crippen molar-refractivity contribution in [1.29, 1.82) is 0 Å². The van der Waals surface area contributed by atoms with Crippen molar-refractivity contribution in [3.05, 3.63) is 0 Å². The number of hydrogen-bond donors (Lipinski definition) is 1. The molecule has 0 bridgehead atoms. The molecule has 1 saturated carbocycles. The molecule has 120 valence electrons. The van der Waals surface area contributed by atoms with Crippen LogP contribution in [0.2, 0.25) is 0 Å². The average molecular weight is 296 g/mol. The van der Waals surface area contributed by atoms with Gasteiger partial charge in [0.15, 0.2) is 0 Å². The van der Waals surface area contributed by atoms with Gasteiger partial charge in [0.1, 0.15) is 0 Å². The van der Waals surface area contributed by atoms with Gasteiger partial charge in [-0.3, -0.25) is 4.79 Å². The Labute approximate surface area is 127 Å². The normalized spacial score (nSPS) is 21.3. The summed E-state index contributed by atoms with van der Waals surface area (Å²) in [5, 5.41) is 8.82. The summed E-state index contributed by atoms with van der Waals surface area (Å²) in [6.07, 6.45) is 8.30. The zero-order valence-corrected chi connectivity index (χ0v) is 13.1. The minimum Gasteiger partial charge on any atom is -0.481 e. The Hall–Kier alpha value is -1.26. The number of carboxylic acids is 1. The van der Waals surface area contributed by atoms with Crippen molar-refractivity contribution < 1.29 is 14.7 Å². The van der Waals surface area contributed by atoms with Crippen molar-refractivity contribution in [3.63, 3.8) is 0 Å². The molecule has 1 heterocycles. The SMILES string of the molecule is CN(CC1CCCCC1)C(=O)N1CCC(CC(=O)O)CC1. The van der Waals surface area contributed by atoms with Crippen molar-refractivity contribution in [2.75, 3.05) is 26.7 Å². The summed E-state index contributed by atoms with van der Waals surface area (Å²) < 4.78 is 0. The summed E-state index contributed by atoms with van der Waals surface area (Å²) in [6.45, 7) is 2.27. The van der Waals surface area contributed by atoms with Crippen LogP contribution in [0.25, 0.3) is 0 Å². The summed E-state index contributed by atoms with van der Waals surface area (Å²) in [5.41, 5.74) is 0. The van der Waals surface area contributed by atoms with E-state index in [2.05, 4.69) is 0 Å². The Morgan fingerprint density at radius 1 is 1.05 bits per heavy atom. The molecule has 1 N–H and O–H groups in total. The van der Waals surface area contributed by atoms with Gasteiger partial charge in [-0.05, 0) is 37.5 Å². The minimum atomic E-state index is -0.728. The van der Waals surface area contributed by atoms with E-state index in [1.54, 1.807) is 0 Å². The Bertz CT molecular complexity index is 359. The van der Waals surface area contributed by atoms with Gasteiger partial charge in [-0.25, -0.2) is 4.79 Å². The van der Waals surface area contributed by atoms with E-state index in [-0.39, 0.29) is 18.4 Å². The van der Waals surface area contributed by atoms with E-state index in [1.807, 2.05) is 16.8 Å². The molecule has 5 nitrogen and oxygen atoms in total. The lowest BCUT2D eigenvalue weighted by Crippen LogP contribution is -2.46. The van der Waals surface area contributed by atoms with Crippen LogP contribution >= 0.6 is 0 Å². The molecule has 0 aromatic heterocycles. The van der Waals surface area contributed by atoms with Gasteiger partial charge in [0.25, 0.3) is 0 Å². The monoisotopic (exact) mass is 296 g/mol. The molecular formula is C16H28N2O3. The van der Waals surface area contributed by atoms with Crippen molar-refractivity contribution in [3.8, 4) is 0 Å². The highest BCUT2D eigenvalue weighted by atomic mass is 16.4. The molecule has 2 rings (SSSR count). The molecule has 1 aliphatic carbocycles. The van der Waals surface area contributed by atoms with Gasteiger partial charge in [0.05, 0.1) is 0 Å². The Morgan fingerprint density at radius 3 is 2.24 bits per heavy atom. The van der Waals surface area contributed by atoms with Gasteiger partial charge in [-0.15, -0.1) is 0 Å². The van der Waals surface area contributed by atoms with Gasteiger partial charge < -0.3 is 14.9 Å². The molecule has 5 heteroatoms. The fraction of sp³-hybridized carbons (Fsp3) is 0.875. The molecule has 2 fully saturated rings. The van der Waals surface area contributed by atoms with Crippen LogP contribution in [0.15, 0.2) is 0 Å². The quantitative estimate of drug-likeness (QED) is 0.867. The molecule has 1 aliphatic heterocycles. The van der Waals surface area contributed by atoms with Crippen LogP contribution in [-0.2, 0) is 4.79 Å². The van der Waals surface area contributed by atoms with E-state index in [4.69, 9.17) is 5.11 Å². The largest absolute Gasteiger partial charge is 0.481 e. The van der Waals surface area contributed by atoms with Gasteiger partial charge in [0.2, 0.25) is 0 Å². The fourth-order valence-corrected chi connectivity index (χ4v) is 3.65. The summed E-state index contributed by atoms with van der Waals surface area (Å²) >= 11 is 0. The predicted octanol–water partition coefficient (Wildman–Crippen LogP) is 2.81. The average Bonchev–Trinajstić information content (AvgIpc) is 2.47. The van der Waals surface area contributed by atoms with E-state index >= 15 is 0 Å². The van der Waals surface area contributed by atoms with Gasteiger partial charge in [0, 0.05) is 33.1 Å². The highest BCUT2D eigenvalue weighted by Gasteiger charge is 2.27. The second kappa shape index (κ2) is 7.66. The van der Waals surface area contributed by atoms with Crippen LogP contribution in [-0.4, -0.2) is 53.6 Å². The molecule has 2 amide bonds. The van der Waals surface area contributed by atoms with Crippen molar-refractivity contribution in [1.82, 2.24) is 9.80 Å². The molecule has 0 atom stereocenters. The van der Waals surface area contributed by atoms with Gasteiger partial charge in [-0.1, -0.05) is 19.3 Å². The first-order valence-corrected chi connectivity index (χ1v) is 8.28. The number of urea groups is 1. The van der Waals surface area contributed by atoms with Crippen LogP contribution < -0.4 is 0 Å². The van der Waals surface area contributed by atoms with Crippen molar-refractivity contribution in [2.45, 2.75) is 51.4 Å². The number of rotatable bonds is 4. The lowest BCUT2D eigenvalue weighted by Gasteiger charge is -2.35. The van der Waals surface area contributed by atoms with Crippen LogP contribution in [0, 0.1) is 11.8 Å². The van der Waals surface area contributed by atoms with Gasteiger partial charge >= 0.3 is 12.0 Å². The Morgan fingerprint density at radius 2 is 1.67 bits per heavy atom. The fourth-order valence-electron chi connectivity index (χ4n) is 3.65. The summed E-state index contributed by atoms with van der Waals surface area (Å²) in [7, 11) is 1.90. The number of likely N-dealkylation sites (tertiary alicyclic amines) is 1. The zero-order chi connectivity index (χ0) is 15.2. The first-order chi connectivity index (χ1) is 10.1. The van der Waals surface area contributed by atoms with E-state index in [0.717, 1.165) is 19.4 Å². The van der Waals surface area contributed by atoms with E-state index in [0.29, 0.717) is 19.0 Å². The number of hydrogen-bond acceptors (Lipinski definition) is 2. The van der Waals surface area contributed by atoms with E-state index in [9.17, 15) is 9.59 Å². The standard InChI is InChI=1S/C16H28N2O3/c1-17(12-14-5-3-2-4-6-14)16(21)18-9-7-13(8-10-18)11-15(19)20/h13-14H,2-12H2,1H3,(H,19,20). The molecule has 1 saturated heterocycles. The third-order valence-corrected chi connectivity index (χ3v) is 4.93. The highest BCUT2D eigenvalue weighted by Crippen LogP contribution is 2.25. The summed E-state index contributed by atoms with van der Waals surface area (Å²) in [6, 6.07) is 0.120.